The normalized spacial score (nSPS) is 16.9. The number of carboxylic acid groups (broad SMARTS) is 1. The van der Waals surface area contributed by atoms with Crippen LogP contribution >= 0.6 is 0 Å². The first-order chi connectivity index (χ1) is 8.13. The fraction of sp³-hybridized carbons (Fsp3) is 0.667. The van der Waals surface area contributed by atoms with Crippen molar-refractivity contribution in [2.24, 2.45) is 5.92 Å². The van der Waals surface area contributed by atoms with E-state index in [9.17, 15) is 9.59 Å². The molecule has 1 aliphatic carbocycles. The Balaban J connectivity index is 2.28. The minimum atomic E-state index is -1.07. The molecule has 1 fully saturated rings. The van der Waals surface area contributed by atoms with Crippen LogP contribution in [0.1, 0.15) is 25.7 Å². The number of amides is 1. The van der Waals surface area contributed by atoms with E-state index in [0.29, 0.717) is 12.3 Å². The quantitative estimate of drug-likeness (QED) is 0.490. The highest BCUT2D eigenvalue weighted by molar-refractivity contribution is 5.83. The van der Waals surface area contributed by atoms with Crippen LogP contribution in [0.25, 0.3) is 0 Å². The summed E-state index contributed by atoms with van der Waals surface area (Å²) in [5.41, 5.74) is 0. The summed E-state index contributed by atoms with van der Waals surface area (Å²) in [6, 6.07) is -0.970. The maximum atomic E-state index is 11.5. The highest BCUT2D eigenvalue weighted by atomic mass is 16.5. The Morgan fingerprint density at radius 3 is 2.71 bits per heavy atom. The van der Waals surface area contributed by atoms with Crippen molar-refractivity contribution >= 4 is 11.9 Å². The van der Waals surface area contributed by atoms with Gasteiger partial charge in [0, 0.05) is 6.42 Å². The average molecular weight is 241 g/mol. The lowest BCUT2D eigenvalue weighted by Gasteiger charge is -2.25. The van der Waals surface area contributed by atoms with Crippen LogP contribution in [0.5, 0.6) is 0 Å². The molecule has 1 amide bonds. The number of hydrogen-bond acceptors (Lipinski definition) is 3. The van der Waals surface area contributed by atoms with Crippen molar-refractivity contribution in [2.45, 2.75) is 31.7 Å². The minimum Gasteiger partial charge on any atom is -0.480 e. The highest BCUT2D eigenvalue weighted by Crippen LogP contribution is 2.29. The summed E-state index contributed by atoms with van der Waals surface area (Å²) in [6.07, 6.45) is 5.26. The molecule has 1 rings (SSSR count). The topological polar surface area (TPSA) is 75.6 Å². The lowest BCUT2D eigenvalue weighted by atomic mass is 9.83. The molecule has 1 aliphatic rings. The van der Waals surface area contributed by atoms with Gasteiger partial charge >= 0.3 is 5.97 Å². The monoisotopic (exact) mass is 241 g/mol. The van der Waals surface area contributed by atoms with Gasteiger partial charge in [0.05, 0.1) is 13.2 Å². The number of aliphatic carboxylic acids is 1. The Morgan fingerprint density at radius 1 is 1.53 bits per heavy atom. The van der Waals surface area contributed by atoms with Gasteiger partial charge in [-0.1, -0.05) is 12.5 Å². The average Bonchev–Trinajstić information content (AvgIpc) is 2.22. The Bertz CT molecular complexity index is 286. The number of rotatable bonds is 8. The Morgan fingerprint density at radius 2 is 2.24 bits per heavy atom. The summed E-state index contributed by atoms with van der Waals surface area (Å²) >= 11 is 0. The summed E-state index contributed by atoms with van der Waals surface area (Å²) in [4.78, 5) is 22.4. The number of nitrogens with one attached hydrogen (secondary N) is 1. The largest absolute Gasteiger partial charge is 0.480 e. The predicted molar refractivity (Wildman–Crippen MR) is 62.5 cm³/mol. The number of carbonyl (C=O) groups excluding carboxylic acids is 1. The van der Waals surface area contributed by atoms with Gasteiger partial charge in [0.1, 0.15) is 0 Å². The Hall–Kier alpha value is -1.36. The van der Waals surface area contributed by atoms with Crippen molar-refractivity contribution in [3.05, 3.63) is 12.7 Å². The second-order valence-electron chi connectivity index (χ2n) is 4.29. The van der Waals surface area contributed by atoms with Crippen molar-refractivity contribution in [1.82, 2.24) is 5.32 Å². The van der Waals surface area contributed by atoms with Crippen molar-refractivity contribution in [1.29, 1.82) is 0 Å². The number of carbonyl (C=O) groups is 2. The van der Waals surface area contributed by atoms with Crippen molar-refractivity contribution in [3.8, 4) is 0 Å². The van der Waals surface area contributed by atoms with Gasteiger partial charge in [-0.15, -0.1) is 6.58 Å². The van der Waals surface area contributed by atoms with Crippen LogP contribution in [0, 0.1) is 5.92 Å². The van der Waals surface area contributed by atoms with E-state index in [2.05, 4.69) is 11.9 Å². The molecular weight excluding hydrogens is 222 g/mol. The molecule has 0 aromatic rings. The van der Waals surface area contributed by atoms with E-state index in [-0.39, 0.29) is 19.1 Å². The third-order valence-electron chi connectivity index (χ3n) is 2.85. The van der Waals surface area contributed by atoms with E-state index in [1.807, 2.05) is 0 Å². The Kier molecular flexibility index (Phi) is 5.69. The molecule has 0 saturated heterocycles. The van der Waals surface area contributed by atoms with Gasteiger partial charge in [-0.25, -0.2) is 4.79 Å². The molecule has 0 radical (unpaired) electrons. The van der Waals surface area contributed by atoms with E-state index in [4.69, 9.17) is 9.84 Å². The molecule has 0 aromatic carbocycles. The summed E-state index contributed by atoms with van der Waals surface area (Å²) < 4.78 is 5.04. The zero-order chi connectivity index (χ0) is 12.7. The third kappa shape index (κ3) is 4.99. The van der Waals surface area contributed by atoms with Crippen LogP contribution in [0.3, 0.4) is 0 Å². The predicted octanol–water partition coefficient (Wildman–Crippen LogP) is 0.949. The van der Waals surface area contributed by atoms with Crippen LogP contribution in [0.2, 0.25) is 0 Å². The molecule has 2 N–H and O–H groups in total. The van der Waals surface area contributed by atoms with Gasteiger partial charge in [-0.05, 0) is 18.8 Å². The Labute approximate surface area is 101 Å². The molecule has 1 saturated carbocycles. The summed E-state index contributed by atoms with van der Waals surface area (Å²) in [6.45, 7) is 3.71. The smallest absolute Gasteiger partial charge is 0.328 e. The molecule has 0 aliphatic heterocycles. The molecule has 0 heterocycles. The first-order valence-corrected chi connectivity index (χ1v) is 5.84. The van der Waals surface area contributed by atoms with Gasteiger partial charge < -0.3 is 15.2 Å². The van der Waals surface area contributed by atoms with E-state index in [1.165, 1.54) is 12.5 Å². The van der Waals surface area contributed by atoms with Crippen molar-refractivity contribution in [2.75, 3.05) is 13.2 Å². The molecule has 0 bridgehead atoms. The van der Waals surface area contributed by atoms with Crippen LogP contribution in [0.4, 0.5) is 0 Å². The second kappa shape index (κ2) is 7.06. The number of ether oxygens (including phenoxy) is 1. The molecule has 1 atom stereocenters. The lowest BCUT2D eigenvalue weighted by Crippen LogP contribution is -2.44. The zero-order valence-corrected chi connectivity index (χ0v) is 9.85. The first-order valence-electron chi connectivity index (χ1n) is 5.84. The van der Waals surface area contributed by atoms with Crippen molar-refractivity contribution < 1.29 is 19.4 Å². The van der Waals surface area contributed by atoms with Crippen LogP contribution in [-0.4, -0.2) is 36.2 Å². The molecule has 96 valence electrons. The minimum absolute atomic E-state index is 0.0300. The van der Waals surface area contributed by atoms with E-state index in [1.54, 1.807) is 0 Å². The molecule has 5 heteroatoms. The van der Waals surface area contributed by atoms with Gasteiger partial charge in [-0.2, -0.15) is 0 Å². The fourth-order valence-corrected chi connectivity index (χ4v) is 1.66. The van der Waals surface area contributed by atoms with E-state index < -0.39 is 12.0 Å². The van der Waals surface area contributed by atoms with Crippen LogP contribution in [-0.2, 0) is 14.3 Å². The van der Waals surface area contributed by atoms with Crippen molar-refractivity contribution in [3.63, 3.8) is 0 Å². The molecule has 1 unspecified atom stereocenters. The molecular formula is C12H19NO4. The summed E-state index contributed by atoms with van der Waals surface area (Å²) in [7, 11) is 0. The fourth-order valence-electron chi connectivity index (χ4n) is 1.66. The zero-order valence-electron chi connectivity index (χ0n) is 9.85. The van der Waals surface area contributed by atoms with E-state index >= 15 is 0 Å². The molecule has 17 heavy (non-hydrogen) atoms. The van der Waals surface area contributed by atoms with E-state index in [0.717, 1.165) is 12.8 Å². The molecule has 5 nitrogen and oxygen atoms in total. The summed E-state index contributed by atoms with van der Waals surface area (Å²) in [5, 5.41) is 11.4. The molecule has 0 aromatic heterocycles. The van der Waals surface area contributed by atoms with Gasteiger partial charge in [0.25, 0.3) is 0 Å². The van der Waals surface area contributed by atoms with Gasteiger partial charge in [0.15, 0.2) is 6.04 Å². The first kappa shape index (κ1) is 13.7. The lowest BCUT2D eigenvalue weighted by molar-refractivity contribution is -0.143. The highest BCUT2D eigenvalue weighted by Gasteiger charge is 2.24. The van der Waals surface area contributed by atoms with Crippen LogP contribution < -0.4 is 5.32 Å². The second-order valence-corrected chi connectivity index (χ2v) is 4.29. The maximum Gasteiger partial charge on any atom is 0.328 e. The standard InChI is InChI=1S/C12H19NO4/c1-2-6-17-8-10(12(15)16)13-11(14)7-9-4-3-5-9/h2,9-10H,1,3-8H2,(H,13,14)(H,15,16). The van der Waals surface area contributed by atoms with Crippen LogP contribution in [0.15, 0.2) is 12.7 Å². The third-order valence-corrected chi connectivity index (χ3v) is 2.85. The van der Waals surface area contributed by atoms with Gasteiger partial charge in [0.2, 0.25) is 5.91 Å². The number of carboxylic acids is 1. The number of hydrogen-bond donors (Lipinski definition) is 2. The molecule has 0 spiro atoms. The SMILES string of the molecule is C=CCOCC(NC(=O)CC1CCC1)C(=O)O. The summed E-state index contributed by atoms with van der Waals surface area (Å²) in [5.74, 6) is -0.848. The maximum absolute atomic E-state index is 11.5. The van der Waals surface area contributed by atoms with Gasteiger partial charge in [-0.3, -0.25) is 4.79 Å².